The van der Waals surface area contributed by atoms with E-state index in [9.17, 15) is 13.2 Å². The van der Waals surface area contributed by atoms with E-state index in [2.05, 4.69) is 14.6 Å². The highest BCUT2D eigenvalue weighted by atomic mass is 32.2. The molecule has 1 aliphatic rings. The lowest BCUT2D eigenvalue weighted by Gasteiger charge is -2.25. The van der Waals surface area contributed by atoms with E-state index in [1.165, 1.54) is 28.0 Å². The summed E-state index contributed by atoms with van der Waals surface area (Å²) >= 11 is 1.52. The van der Waals surface area contributed by atoms with Crippen molar-refractivity contribution in [1.82, 2.24) is 9.55 Å². The molecular formula is C19H18N4O5S2. The van der Waals surface area contributed by atoms with Gasteiger partial charge in [-0.2, -0.15) is 0 Å². The van der Waals surface area contributed by atoms with Crippen LogP contribution in [0, 0.1) is 0 Å². The van der Waals surface area contributed by atoms with E-state index in [1.807, 2.05) is 0 Å². The first-order chi connectivity index (χ1) is 14.4. The standard InChI is InChI=1S/C19H18N4O5S2/c1-22-15-5-3-13(11-16(15)28-19(22)24)30(25,26)21-12-2-4-14-17(10-12)29-18(20-14)23-6-8-27-9-7-23/h2-5,10-11,21H,6-9H2,1H3. The third-order valence-electron chi connectivity index (χ3n) is 4.99. The van der Waals surface area contributed by atoms with Gasteiger partial charge in [-0.25, -0.2) is 18.2 Å². The molecule has 0 saturated carbocycles. The molecule has 1 aliphatic heterocycles. The summed E-state index contributed by atoms with van der Waals surface area (Å²) in [6.07, 6.45) is 0. The number of hydrogen-bond acceptors (Lipinski definition) is 8. The number of thiazole rings is 1. The maximum absolute atomic E-state index is 12.9. The van der Waals surface area contributed by atoms with Crippen molar-refractivity contribution >= 4 is 53.5 Å². The third kappa shape index (κ3) is 3.34. The Morgan fingerprint density at radius 2 is 1.93 bits per heavy atom. The van der Waals surface area contributed by atoms with Crippen molar-refractivity contribution in [3.05, 3.63) is 46.9 Å². The van der Waals surface area contributed by atoms with Crippen molar-refractivity contribution in [3.8, 4) is 0 Å². The molecule has 2 aromatic carbocycles. The van der Waals surface area contributed by atoms with E-state index in [-0.39, 0.29) is 10.5 Å². The zero-order valence-corrected chi connectivity index (χ0v) is 17.6. The molecule has 3 heterocycles. The zero-order chi connectivity index (χ0) is 20.9. The molecule has 0 unspecified atom stereocenters. The molecular weight excluding hydrogens is 428 g/mol. The Balaban J connectivity index is 1.44. The SMILES string of the molecule is Cn1c(=O)oc2cc(S(=O)(=O)Nc3ccc4nc(N5CCOCC5)sc4c3)ccc21. The number of nitrogens with zero attached hydrogens (tertiary/aromatic N) is 3. The van der Waals surface area contributed by atoms with E-state index in [0.717, 1.165) is 28.4 Å². The van der Waals surface area contributed by atoms with Gasteiger partial charge in [-0.05, 0) is 30.3 Å². The Labute approximate surface area is 175 Å². The minimum absolute atomic E-state index is 0.0164. The predicted octanol–water partition coefficient (Wildman–Crippen LogP) is 2.38. The Bertz CT molecular complexity index is 1410. The average Bonchev–Trinajstić information content (AvgIpc) is 3.28. The lowest BCUT2D eigenvalue weighted by molar-refractivity contribution is 0.122. The maximum atomic E-state index is 12.9. The number of benzene rings is 2. The highest BCUT2D eigenvalue weighted by molar-refractivity contribution is 7.92. The number of nitrogens with one attached hydrogen (secondary N) is 1. The van der Waals surface area contributed by atoms with Gasteiger partial charge in [-0.3, -0.25) is 9.29 Å². The summed E-state index contributed by atoms with van der Waals surface area (Å²) in [6.45, 7) is 2.93. The second-order valence-electron chi connectivity index (χ2n) is 6.94. The maximum Gasteiger partial charge on any atom is 0.419 e. The summed E-state index contributed by atoms with van der Waals surface area (Å²) in [4.78, 5) is 18.5. The first-order valence-corrected chi connectivity index (χ1v) is 11.6. The minimum atomic E-state index is -3.85. The monoisotopic (exact) mass is 446 g/mol. The number of anilines is 2. The summed E-state index contributed by atoms with van der Waals surface area (Å²) in [6, 6.07) is 9.60. The van der Waals surface area contributed by atoms with Gasteiger partial charge >= 0.3 is 5.76 Å². The molecule has 2 aromatic heterocycles. The molecule has 0 amide bonds. The van der Waals surface area contributed by atoms with Crippen LogP contribution >= 0.6 is 11.3 Å². The molecule has 1 saturated heterocycles. The Morgan fingerprint density at radius 1 is 1.13 bits per heavy atom. The number of rotatable bonds is 4. The number of ether oxygens (including phenoxy) is 1. The largest absolute Gasteiger partial charge is 0.419 e. The van der Waals surface area contributed by atoms with Gasteiger partial charge < -0.3 is 14.1 Å². The van der Waals surface area contributed by atoms with Gasteiger partial charge in [0.1, 0.15) is 0 Å². The van der Waals surface area contributed by atoms with Crippen LogP contribution in [0.2, 0.25) is 0 Å². The van der Waals surface area contributed by atoms with Gasteiger partial charge in [0.15, 0.2) is 10.7 Å². The molecule has 9 nitrogen and oxygen atoms in total. The number of aromatic nitrogens is 2. The fourth-order valence-electron chi connectivity index (χ4n) is 3.36. The zero-order valence-electron chi connectivity index (χ0n) is 16.0. The first kappa shape index (κ1) is 19.1. The molecule has 0 bridgehead atoms. The quantitative estimate of drug-likeness (QED) is 0.513. The second-order valence-corrected chi connectivity index (χ2v) is 9.63. The normalized spacial score (nSPS) is 15.2. The van der Waals surface area contributed by atoms with Crippen LogP contribution in [0.4, 0.5) is 10.8 Å². The fourth-order valence-corrected chi connectivity index (χ4v) is 5.48. The highest BCUT2D eigenvalue weighted by Gasteiger charge is 2.19. The van der Waals surface area contributed by atoms with Crippen LogP contribution < -0.4 is 15.4 Å². The van der Waals surface area contributed by atoms with E-state index in [0.29, 0.717) is 24.4 Å². The number of hydrogen-bond donors (Lipinski definition) is 1. The van der Waals surface area contributed by atoms with E-state index in [4.69, 9.17) is 9.15 Å². The molecule has 30 heavy (non-hydrogen) atoms. The van der Waals surface area contributed by atoms with Gasteiger partial charge in [0.05, 0.1) is 39.5 Å². The summed E-state index contributed by atoms with van der Waals surface area (Å²) in [5, 5.41) is 0.901. The highest BCUT2D eigenvalue weighted by Crippen LogP contribution is 2.32. The number of oxazole rings is 1. The fraction of sp³-hybridized carbons (Fsp3) is 0.263. The van der Waals surface area contributed by atoms with Crippen molar-refractivity contribution in [3.63, 3.8) is 0 Å². The van der Waals surface area contributed by atoms with Gasteiger partial charge in [0.25, 0.3) is 10.0 Å². The van der Waals surface area contributed by atoms with E-state index in [1.54, 1.807) is 31.3 Å². The summed E-state index contributed by atoms with van der Waals surface area (Å²) in [5.74, 6) is -0.542. The predicted molar refractivity (Wildman–Crippen MR) is 115 cm³/mol. The Kier molecular flexibility index (Phi) is 4.53. The molecule has 4 aromatic rings. The van der Waals surface area contributed by atoms with E-state index < -0.39 is 15.8 Å². The van der Waals surface area contributed by atoms with Gasteiger partial charge in [0, 0.05) is 26.2 Å². The van der Waals surface area contributed by atoms with Crippen LogP contribution in [-0.4, -0.2) is 44.3 Å². The summed E-state index contributed by atoms with van der Waals surface area (Å²) in [5.41, 5.74) is 2.00. The number of sulfonamides is 1. The number of aryl methyl sites for hydroxylation is 1. The average molecular weight is 447 g/mol. The molecule has 0 atom stereocenters. The van der Waals surface area contributed by atoms with Crippen LogP contribution in [0.15, 0.2) is 50.5 Å². The topological polar surface area (TPSA) is 107 Å². The molecule has 0 radical (unpaired) electrons. The van der Waals surface area contributed by atoms with Crippen molar-refractivity contribution < 1.29 is 17.6 Å². The smallest absolute Gasteiger partial charge is 0.408 e. The van der Waals surface area contributed by atoms with Gasteiger partial charge in [-0.1, -0.05) is 11.3 Å². The van der Waals surface area contributed by atoms with Crippen molar-refractivity contribution in [2.75, 3.05) is 35.9 Å². The molecule has 11 heteroatoms. The third-order valence-corrected chi connectivity index (χ3v) is 7.44. The molecule has 5 rings (SSSR count). The summed E-state index contributed by atoms with van der Waals surface area (Å²) in [7, 11) is -2.29. The lowest BCUT2D eigenvalue weighted by Crippen LogP contribution is -2.36. The molecule has 0 spiro atoms. The van der Waals surface area contributed by atoms with E-state index >= 15 is 0 Å². The summed E-state index contributed by atoms with van der Waals surface area (Å²) < 4.78 is 41.0. The molecule has 156 valence electrons. The molecule has 0 aliphatic carbocycles. The number of fused-ring (bicyclic) bond motifs is 2. The Hall–Kier alpha value is -2.89. The van der Waals surface area contributed by atoms with Crippen molar-refractivity contribution in [2.24, 2.45) is 7.05 Å². The second kappa shape index (κ2) is 7.11. The van der Waals surface area contributed by atoms with Crippen LogP contribution in [-0.2, 0) is 21.8 Å². The van der Waals surface area contributed by atoms with Gasteiger partial charge in [-0.15, -0.1) is 0 Å². The molecule has 1 fully saturated rings. The Morgan fingerprint density at radius 3 is 2.73 bits per heavy atom. The van der Waals surface area contributed by atoms with Crippen LogP contribution in [0.5, 0.6) is 0 Å². The van der Waals surface area contributed by atoms with Crippen LogP contribution in [0.1, 0.15) is 0 Å². The van der Waals surface area contributed by atoms with Crippen molar-refractivity contribution in [2.45, 2.75) is 4.90 Å². The number of morpholine rings is 1. The first-order valence-electron chi connectivity index (χ1n) is 9.26. The van der Waals surface area contributed by atoms with Crippen LogP contribution in [0.3, 0.4) is 0 Å². The minimum Gasteiger partial charge on any atom is -0.408 e. The lowest BCUT2D eigenvalue weighted by atomic mass is 10.3. The van der Waals surface area contributed by atoms with Gasteiger partial charge in [0.2, 0.25) is 0 Å². The molecule has 1 N–H and O–H groups in total. The van der Waals surface area contributed by atoms with Crippen LogP contribution in [0.25, 0.3) is 21.3 Å². The van der Waals surface area contributed by atoms with Crippen molar-refractivity contribution in [1.29, 1.82) is 0 Å².